The molecule has 1 aliphatic heterocycles. The number of nitrogen functional groups attached to an aromatic ring is 1. The van der Waals surface area contributed by atoms with Crippen LogP contribution < -0.4 is 15.8 Å². The van der Waals surface area contributed by atoms with Crippen molar-refractivity contribution in [1.29, 1.82) is 0 Å². The molecule has 1 aliphatic rings. The van der Waals surface area contributed by atoms with Gasteiger partial charge in [-0.25, -0.2) is 8.42 Å². The Labute approximate surface area is 287 Å². The Kier molecular flexibility index (Phi) is 14.2. The minimum Gasteiger partial charge on any atom is -0.496 e. The SMILES string of the molecule is CCC(=O)C(CC(C)N(C)C)(c1ccccc1)c1ccccc1.CCN1CCCC1CNC(=O)c1cc(S(=O)(=O)CC)c(N)cc1OC. The maximum Gasteiger partial charge on any atom is 0.255 e. The van der Waals surface area contributed by atoms with Crippen molar-refractivity contribution in [1.82, 2.24) is 15.1 Å². The van der Waals surface area contributed by atoms with Crippen molar-refractivity contribution in [2.75, 3.05) is 52.3 Å². The predicted octanol–water partition coefficient (Wildman–Crippen LogP) is 5.58. The summed E-state index contributed by atoms with van der Waals surface area (Å²) in [6.07, 6.45) is 3.48. The fraction of sp³-hybridized carbons (Fsp3) is 0.474. The molecule has 1 fully saturated rings. The van der Waals surface area contributed by atoms with Gasteiger partial charge >= 0.3 is 0 Å². The smallest absolute Gasteiger partial charge is 0.255 e. The number of carbonyl (C=O) groups excluding carboxylic acids is 2. The summed E-state index contributed by atoms with van der Waals surface area (Å²) in [4.78, 5) is 30.3. The minimum atomic E-state index is -3.52. The second-order valence-electron chi connectivity index (χ2n) is 12.6. The highest BCUT2D eigenvalue weighted by molar-refractivity contribution is 7.91. The molecule has 1 amide bonds. The van der Waals surface area contributed by atoms with Gasteiger partial charge in [0.25, 0.3) is 5.91 Å². The van der Waals surface area contributed by atoms with E-state index in [9.17, 15) is 18.0 Å². The number of benzene rings is 3. The molecule has 3 aromatic rings. The van der Waals surface area contributed by atoms with Gasteiger partial charge in [-0.2, -0.15) is 0 Å². The topological polar surface area (TPSA) is 122 Å². The van der Waals surface area contributed by atoms with E-state index in [4.69, 9.17) is 10.5 Å². The zero-order valence-electron chi connectivity index (χ0n) is 29.7. The summed E-state index contributed by atoms with van der Waals surface area (Å²) in [5, 5.41) is 2.90. The first kappa shape index (κ1) is 38.7. The number of amides is 1. The van der Waals surface area contributed by atoms with Gasteiger partial charge in [0.15, 0.2) is 9.84 Å². The Morgan fingerprint density at radius 3 is 2.08 bits per heavy atom. The number of rotatable bonds is 14. The van der Waals surface area contributed by atoms with Gasteiger partial charge in [0.1, 0.15) is 11.5 Å². The number of hydrogen-bond acceptors (Lipinski definition) is 8. The summed E-state index contributed by atoms with van der Waals surface area (Å²) < 4.78 is 29.6. The lowest BCUT2D eigenvalue weighted by atomic mass is 9.67. The number of ketones is 1. The Bertz CT molecular complexity index is 1560. The lowest BCUT2D eigenvalue weighted by molar-refractivity contribution is -0.123. The van der Waals surface area contributed by atoms with Gasteiger partial charge in [0.2, 0.25) is 0 Å². The van der Waals surface area contributed by atoms with Crippen LogP contribution in [0.5, 0.6) is 5.75 Å². The average molecular weight is 679 g/mol. The second kappa shape index (κ2) is 17.6. The Morgan fingerprint density at radius 1 is 1.02 bits per heavy atom. The van der Waals surface area contributed by atoms with E-state index in [0.29, 0.717) is 25.0 Å². The first-order valence-electron chi connectivity index (χ1n) is 16.9. The molecule has 2 atom stereocenters. The third-order valence-electron chi connectivity index (χ3n) is 9.51. The van der Waals surface area contributed by atoms with Crippen molar-refractivity contribution in [3.8, 4) is 5.75 Å². The lowest BCUT2D eigenvalue weighted by Gasteiger charge is -2.37. The number of anilines is 1. The van der Waals surface area contributed by atoms with Crippen molar-refractivity contribution < 1.29 is 22.7 Å². The molecule has 3 aromatic carbocycles. The van der Waals surface area contributed by atoms with Crippen molar-refractivity contribution >= 4 is 27.2 Å². The van der Waals surface area contributed by atoms with Crippen LogP contribution >= 0.6 is 0 Å². The Morgan fingerprint density at radius 2 is 1.60 bits per heavy atom. The molecule has 0 saturated carbocycles. The monoisotopic (exact) mass is 678 g/mol. The van der Waals surface area contributed by atoms with Gasteiger partial charge in [-0.1, -0.05) is 81.4 Å². The van der Waals surface area contributed by atoms with E-state index in [0.717, 1.165) is 43.5 Å². The zero-order chi connectivity index (χ0) is 35.5. The van der Waals surface area contributed by atoms with Gasteiger partial charge in [-0.15, -0.1) is 0 Å². The van der Waals surface area contributed by atoms with Crippen molar-refractivity contribution in [2.24, 2.45) is 0 Å². The number of sulfone groups is 1. The predicted molar refractivity (Wildman–Crippen MR) is 194 cm³/mol. The van der Waals surface area contributed by atoms with E-state index in [-0.39, 0.29) is 39.3 Å². The summed E-state index contributed by atoms with van der Waals surface area (Å²) >= 11 is 0. The van der Waals surface area contributed by atoms with Crippen LogP contribution in [0.15, 0.2) is 77.7 Å². The standard InChI is InChI=1S/C21H27NO.C17H27N3O4S/c1-5-20(23)21(16-17(2)22(3)4,18-12-8-6-9-13-18)19-14-10-7-11-15-19;1-4-20-8-6-7-12(20)11-19-17(21)13-9-16(25(22,23)5-2)14(18)10-15(13)24-3/h6-15,17H,5,16H2,1-4H3;9-10,12H,4-8,11,18H2,1-3H3,(H,19,21). The van der Waals surface area contributed by atoms with Crippen LogP contribution in [0.4, 0.5) is 5.69 Å². The molecule has 2 unspecified atom stereocenters. The van der Waals surface area contributed by atoms with E-state index < -0.39 is 15.3 Å². The molecule has 48 heavy (non-hydrogen) atoms. The largest absolute Gasteiger partial charge is 0.496 e. The molecule has 262 valence electrons. The molecule has 9 nitrogen and oxygen atoms in total. The second-order valence-corrected chi connectivity index (χ2v) is 14.8. The summed E-state index contributed by atoms with van der Waals surface area (Å²) in [5.74, 6) is 0.109. The first-order valence-corrected chi connectivity index (χ1v) is 18.5. The molecular formula is C38H54N4O5S. The van der Waals surface area contributed by atoms with Gasteiger partial charge in [0.05, 0.1) is 34.4 Å². The van der Waals surface area contributed by atoms with Crippen LogP contribution in [0.3, 0.4) is 0 Å². The van der Waals surface area contributed by atoms with Crippen LogP contribution in [0.2, 0.25) is 0 Å². The molecule has 1 heterocycles. The van der Waals surface area contributed by atoms with E-state index >= 15 is 0 Å². The van der Waals surface area contributed by atoms with Crippen LogP contribution in [0.25, 0.3) is 0 Å². The molecule has 4 rings (SSSR count). The van der Waals surface area contributed by atoms with Gasteiger partial charge in [-0.05, 0) is 70.6 Å². The highest BCUT2D eigenvalue weighted by atomic mass is 32.2. The normalized spacial score (nSPS) is 15.8. The van der Waals surface area contributed by atoms with Crippen molar-refractivity contribution in [3.63, 3.8) is 0 Å². The number of nitrogens with two attached hydrogens (primary N) is 1. The van der Waals surface area contributed by atoms with Crippen LogP contribution in [-0.2, 0) is 20.0 Å². The molecule has 10 heteroatoms. The van der Waals surface area contributed by atoms with E-state index in [1.807, 2.05) is 43.3 Å². The molecule has 3 N–H and O–H groups in total. The minimum absolute atomic E-state index is 0.0306. The molecule has 1 saturated heterocycles. The quantitative estimate of drug-likeness (QED) is 0.212. The lowest BCUT2D eigenvalue weighted by Crippen LogP contribution is -2.42. The summed E-state index contributed by atoms with van der Waals surface area (Å²) in [6, 6.07) is 23.8. The maximum atomic E-state index is 13.2. The molecule has 0 radical (unpaired) electrons. The van der Waals surface area contributed by atoms with Gasteiger partial charge < -0.3 is 20.7 Å². The summed E-state index contributed by atoms with van der Waals surface area (Å²) in [5.41, 5.74) is 7.71. The number of ether oxygens (including phenoxy) is 1. The van der Waals surface area contributed by atoms with Crippen molar-refractivity contribution in [2.45, 2.75) is 75.8 Å². The van der Waals surface area contributed by atoms with E-state index in [1.54, 1.807) is 0 Å². The Balaban J connectivity index is 0.000000261. The third kappa shape index (κ3) is 9.03. The maximum absolute atomic E-state index is 13.2. The van der Waals surface area contributed by atoms with E-state index in [2.05, 4.69) is 67.3 Å². The fourth-order valence-corrected chi connectivity index (χ4v) is 7.43. The van der Waals surface area contributed by atoms with Crippen molar-refractivity contribution in [3.05, 3.63) is 89.5 Å². The number of Topliss-reactive ketones (excluding diaryl/α,β-unsaturated/α-hetero) is 1. The fourth-order valence-electron chi connectivity index (χ4n) is 6.41. The Hall–Kier alpha value is -3.73. The number of nitrogens with one attached hydrogen (secondary N) is 1. The number of hydrogen-bond donors (Lipinski definition) is 2. The number of likely N-dealkylation sites (N-methyl/N-ethyl adjacent to an activating group) is 1. The first-order chi connectivity index (χ1) is 22.9. The number of nitrogens with zero attached hydrogens (tertiary/aromatic N) is 2. The van der Waals surface area contributed by atoms with E-state index in [1.165, 1.54) is 26.2 Å². The van der Waals surface area contributed by atoms with Crippen LogP contribution in [0.1, 0.15) is 74.9 Å². The van der Waals surface area contributed by atoms with Gasteiger partial charge in [-0.3, -0.25) is 14.5 Å². The number of likely N-dealkylation sites (tertiary alicyclic amines) is 1. The molecule has 0 aromatic heterocycles. The van der Waals surface area contributed by atoms with Crippen LogP contribution in [0, 0.1) is 0 Å². The molecule has 0 spiro atoms. The number of carbonyl (C=O) groups is 2. The molecular weight excluding hydrogens is 625 g/mol. The highest BCUT2D eigenvalue weighted by Gasteiger charge is 2.41. The number of methoxy groups -OCH3 is 1. The molecule has 0 bridgehead atoms. The molecule has 0 aliphatic carbocycles. The average Bonchev–Trinajstić information content (AvgIpc) is 3.57. The summed E-state index contributed by atoms with van der Waals surface area (Å²) in [7, 11) is 2.05. The summed E-state index contributed by atoms with van der Waals surface area (Å²) in [6.45, 7) is 10.3. The zero-order valence-corrected chi connectivity index (χ0v) is 30.5. The van der Waals surface area contributed by atoms with Gasteiger partial charge in [0, 0.05) is 31.1 Å². The van der Waals surface area contributed by atoms with Crippen LogP contribution in [-0.4, -0.2) is 88.6 Å². The third-order valence-corrected chi connectivity index (χ3v) is 11.3. The highest BCUT2D eigenvalue weighted by Crippen LogP contribution is 2.39.